The zero-order chi connectivity index (χ0) is 26.4. The first-order chi connectivity index (χ1) is 17.6. The number of benzene rings is 2. The van der Waals surface area contributed by atoms with Gasteiger partial charge in [0.1, 0.15) is 5.41 Å². The largest absolute Gasteiger partial charge is 0.403 e. The first-order valence-electron chi connectivity index (χ1n) is 12.0. The van der Waals surface area contributed by atoms with E-state index in [0.29, 0.717) is 39.4 Å². The van der Waals surface area contributed by atoms with Crippen molar-refractivity contribution in [2.24, 2.45) is 5.41 Å². The number of carbonyl (C=O) groups is 1. The number of amides is 1. The quantitative estimate of drug-likeness (QED) is 0.309. The number of hydrogen-bond donors (Lipinski definition) is 3. The Kier molecular flexibility index (Phi) is 6.93. The van der Waals surface area contributed by atoms with Crippen molar-refractivity contribution in [3.05, 3.63) is 45.9 Å². The van der Waals surface area contributed by atoms with Gasteiger partial charge in [-0.15, -0.1) is 0 Å². The molecule has 2 aromatic carbocycles. The fourth-order valence-electron chi connectivity index (χ4n) is 4.84. The average molecular weight is 556 g/mol. The maximum absolute atomic E-state index is 13.2. The topological polar surface area (TPSA) is 82.3 Å². The van der Waals surface area contributed by atoms with Gasteiger partial charge < -0.3 is 25.3 Å². The van der Waals surface area contributed by atoms with E-state index in [2.05, 4.69) is 25.5 Å². The molecule has 1 saturated heterocycles. The molecule has 2 aliphatic rings. The van der Waals surface area contributed by atoms with Crippen LogP contribution in [0.4, 0.5) is 30.5 Å². The highest BCUT2D eigenvalue weighted by atomic mass is 35.5. The van der Waals surface area contributed by atoms with Crippen LogP contribution in [0.15, 0.2) is 30.3 Å². The zero-order valence-electron chi connectivity index (χ0n) is 20.0. The maximum Gasteiger partial charge on any atom is 0.403 e. The molecule has 0 bridgehead atoms. The van der Waals surface area contributed by atoms with Crippen molar-refractivity contribution in [3.63, 3.8) is 0 Å². The number of imidazole rings is 1. The number of alkyl halides is 3. The van der Waals surface area contributed by atoms with Crippen molar-refractivity contribution in [2.45, 2.75) is 44.4 Å². The van der Waals surface area contributed by atoms with Crippen molar-refractivity contribution in [1.82, 2.24) is 15.3 Å². The number of anilines is 3. The molecule has 1 amide bonds. The molecule has 2 fully saturated rings. The van der Waals surface area contributed by atoms with Crippen LogP contribution in [0.3, 0.4) is 0 Å². The lowest BCUT2D eigenvalue weighted by atomic mass is 10.1. The van der Waals surface area contributed by atoms with Crippen LogP contribution in [0.25, 0.3) is 11.0 Å². The molecule has 5 rings (SSSR count). The number of fused-ring (bicyclic) bond motifs is 1. The molecule has 0 unspecified atom stereocenters. The summed E-state index contributed by atoms with van der Waals surface area (Å²) < 4.78 is 44.9. The molecule has 198 valence electrons. The predicted octanol–water partition coefficient (Wildman–Crippen LogP) is 6.19. The van der Waals surface area contributed by atoms with Crippen LogP contribution in [0.1, 0.15) is 31.2 Å². The van der Waals surface area contributed by atoms with Crippen molar-refractivity contribution in [2.75, 3.05) is 30.5 Å². The average Bonchev–Trinajstić information content (AvgIpc) is 3.42. The van der Waals surface area contributed by atoms with E-state index in [4.69, 9.17) is 27.9 Å². The Morgan fingerprint density at radius 3 is 2.73 bits per heavy atom. The summed E-state index contributed by atoms with van der Waals surface area (Å²) in [5, 5.41) is 6.52. The molecular formula is C25H26Cl2F3N5O2. The van der Waals surface area contributed by atoms with Crippen LogP contribution < -0.4 is 15.5 Å². The first kappa shape index (κ1) is 25.9. The van der Waals surface area contributed by atoms with Gasteiger partial charge >= 0.3 is 6.18 Å². The molecule has 1 aromatic heterocycles. The predicted molar refractivity (Wildman–Crippen MR) is 138 cm³/mol. The van der Waals surface area contributed by atoms with Crippen molar-refractivity contribution in [3.8, 4) is 0 Å². The highest BCUT2D eigenvalue weighted by molar-refractivity contribution is 6.34. The smallest absolute Gasteiger partial charge is 0.383 e. The molecule has 3 N–H and O–H groups in total. The van der Waals surface area contributed by atoms with Crippen molar-refractivity contribution >= 4 is 57.5 Å². The second-order valence-electron chi connectivity index (χ2n) is 9.55. The number of nitrogens with one attached hydrogen (secondary N) is 3. The number of carbonyl (C=O) groups excluding carboxylic acids is 1. The van der Waals surface area contributed by atoms with E-state index in [-0.39, 0.29) is 25.4 Å². The molecule has 3 aromatic rings. The lowest BCUT2D eigenvalue weighted by Crippen LogP contribution is -2.40. The first-order valence-corrected chi connectivity index (χ1v) is 12.7. The van der Waals surface area contributed by atoms with Gasteiger partial charge in [-0.25, -0.2) is 4.98 Å². The summed E-state index contributed by atoms with van der Waals surface area (Å²) in [7, 11) is 1.69. The lowest BCUT2D eigenvalue weighted by molar-refractivity contribution is -0.192. The highest BCUT2D eigenvalue weighted by Gasteiger charge is 2.68. The van der Waals surface area contributed by atoms with E-state index >= 15 is 0 Å². The van der Waals surface area contributed by atoms with E-state index in [1.54, 1.807) is 31.4 Å². The summed E-state index contributed by atoms with van der Waals surface area (Å²) in [5.41, 5.74) is 1.19. The number of methoxy groups -OCH3 is 1. The number of rotatable bonds is 8. The van der Waals surface area contributed by atoms with Crippen LogP contribution in [-0.2, 0) is 16.1 Å². The van der Waals surface area contributed by atoms with Crippen LogP contribution in [0.5, 0.6) is 0 Å². The SMILES string of the molecule is COC[C@@H]1CCCN1c1cc2[nH]c(Nc3cc(CNC(=O)C4(C(F)(F)F)CC4)ccc3Cl)nc2cc1Cl. The van der Waals surface area contributed by atoms with Crippen molar-refractivity contribution in [1.29, 1.82) is 0 Å². The number of aromatic nitrogens is 2. The molecule has 12 heteroatoms. The Morgan fingerprint density at radius 2 is 2.03 bits per heavy atom. The molecule has 1 aliphatic carbocycles. The fraction of sp³-hybridized carbons (Fsp3) is 0.440. The minimum Gasteiger partial charge on any atom is -0.383 e. The van der Waals surface area contributed by atoms with Crippen LogP contribution in [0.2, 0.25) is 10.0 Å². The van der Waals surface area contributed by atoms with Gasteiger partial charge in [0.2, 0.25) is 11.9 Å². The summed E-state index contributed by atoms with van der Waals surface area (Å²) >= 11 is 13.0. The Balaban J connectivity index is 1.32. The number of halogens is 5. The molecule has 7 nitrogen and oxygen atoms in total. The molecular weight excluding hydrogens is 530 g/mol. The van der Waals surface area contributed by atoms with Gasteiger partial charge in [0.05, 0.1) is 45.1 Å². The van der Waals surface area contributed by atoms with E-state index in [1.165, 1.54) is 0 Å². The third kappa shape index (κ3) is 5.06. The molecule has 1 aliphatic heterocycles. The van der Waals surface area contributed by atoms with Gasteiger partial charge in [0.15, 0.2) is 0 Å². The van der Waals surface area contributed by atoms with E-state index in [1.807, 2.05) is 6.07 Å². The number of ether oxygens (including phenoxy) is 1. The van der Waals surface area contributed by atoms with Gasteiger partial charge in [-0.3, -0.25) is 4.79 Å². The van der Waals surface area contributed by atoms with Crippen molar-refractivity contribution < 1.29 is 22.7 Å². The summed E-state index contributed by atoms with van der Waals surface area (Å²) in [4.78, 5) is 22.2. The lowest BCUT2D eigenvalue weighted by Gasteiger charge is -2.27. The van der Waals surface area contributed by atoms with E-state index < -0.39 is 17.5 Å². The zero-order valence-corrected chi connectivity index (χ0v) is 21.5. The fourth-order valence-corrected chi connectivity index (χ4v) is 5.27. The number of nitrogens with zero attached hydrogens (tertiary/aromatic N) is 2. The summed E-state index contributed by atoms with van der Waals surface area (Å²) in [5.74, 6) is -0.574. The van der Waals surface area contributed by atoms with E-state index in [0.717, 1.165) is 30.6 Å². The summed E-state index contributed by atoms with van der Waals surface area (Å²) in [6.45, 7) is 1.46. The Labute approximate surface area is 221 Å². The molecule has 0 radical (unpaired) electrons. The molecule has 2 heterocycles. The Hall–Kier alpha value is -2.69. The standard InChI is InChI=1S/C25H26Cl2F3N5O2/c1-37-13-15-3-2-8-35(15)21-11-20-19(10-17(21)27)33-23(34-20)32-18-9-14(4-5-16(18)26)12-31-22(36)24(6-7-24)25(28,29)30/h4-5,9-11,15H,2-3,6-8,12-13H2,1H3,(H,31,36)(H2,32,33,34)/t15-/m0/s1. The second kappa shape index (κ2) is 9.89. The minimum absolute atomic E-state index is 0.0555. The molecule has 37 heavy (non-hydrogen) atoms. The van der Waals surface area contributed by atoms with Crippen LogP contribution >= 0.6 is 23.2 Å². The van der Waals surface area contributed by atoms with Crippen LogP contribution in [-0.4, -0.2) is 48.4 Å². The van der Waals surface area contributed by atoms with Crippen LogP contribution in [0, 0.1) is 5.41 Å². The van der Waals surface area contributed by atoms with E-state index in [9.17, 15) is 18.0 Å². The third-order valence-corrected chi connectivity index (χ3v) is 7.69. The van der Waals surface area contributed by atoms with Gasteiger partial charge in [-0.1, -0.05) is 29.3 Å². The Bertz CT molecular complexity index is 1330. The number of aromatic amines is 1. The molecule has 1 saturated carbocycles. The minimum atomic E-state index is -4.55. The molecule has 1 atom stereocenters. The molecule has 0 spiro atoms. The Morgan fingerprint density at radius 1 is 1.24 bits per heavy atom. The van der Waals surface area contributed by atoms with Gasteiger partial charge in [0.25, 0.3) is 0 Å². The van der Waals surface area contributed by atoms with Gasteiger partial charge in [-0.2, -0.15) is 13.2 Å². The van der Waals surface area contributed by atoms with Gasteiger partial charge in [-0.05, 0) is 55.5 Å². The van der Waals surface area contributed by atoms with Gasteiger partial charge in [0, 0.05) is 20.2 Å². The summed E-state index contributed by atoms with van der Waals surface area (Å²) in [6.07, 6.45) is -2.82. The monoisotopic (exact) mass is 555 g/mol. The maximum atomic E-state index is 13.2. The summed E-state index contributed by atoms with van der Waals surface area (Å²) in [6, 6.07) is 8.96. The highest BCUT2D eigenvalue weighted by Crippen LogP contribution is 2.57. The third-order valence-electron chi connectivity index (χ3n) is 7.06. The number of hydrogen-bond acceptors (Lipinski definition) is 5. The second-order valence-corrected chi connectivity index (χ2v) is 10.4. The number of H-pyrrole nitrogens is 1. The normalized spacial score (nSPS) is 18.9.